The van der Waals surface area contributed by atoms with Crippen molar-refractivity contribution in [3.63, 3.8) is 0 Å². The number of nitrogens with one attached hydrogen (secondary N) is 2. The fraction of sp³-hybridized carbons (Fsp3) is 0.409. The van der Waals surface area contributed by atoms with Gasteiger partial charge in [-0.05, 0) is 36.6 Å². The summed E-state index contributed by atoms with van der Waals surface area (Å²) < 4.78 is 5.48. The van der Waals surface area contributed by atoms with Crippen LogP contribution in [-0.2, 0) is 17.7 Å². The van der Waals surface area contributed by atoms with E-state index in [1.165, 1.54) is 11.3 Å². The van der Waals surface area contributed by atoms with Gasteiger partial charge < -0.3 is 20.3 Å². The number of hydrogen-bond donors (Lipinski definition) is 2. The first kappa shape index (κ1) is 23.8. The summed E-state index contributed by atoms with van der Waals surface area (Å²) >= 11 is 6.25. The van der Waals surface area contributed by atoms with E-state index in [9.17, 15) is 0 Å². The highest BCUT2D eigenvalue weighted by molar-refractivity contribution is 14.0. The summed E-state index contributed by atoms with van der Waals surface area (Å²) in [4.78, 5) is 7.18. The normalized spacial score (nSPS) is 14.3. The molecule has 0 amide bonds. The van der Waals surface area contributed by atoms with Crippen molar-refractivity contribution in [1.29, 1.82) is 0 Å². The molecule has 158 valence electrons. The summed E-state index contributed by atoms with van der Waals surface area (Å²) in [6.07, 6.45) is 0.856. The highest BCUT2D eigenvalue weighted by atomic mass is 127. The predicted octanol–water partition coefficient (Wildman–Crippen LogP) is 4.09. The number of hydrogen-bond acceptors (Lipinski definition) is 3. The maximum atomic E-state index is 6.25. The molecule has 0 bridgehead atoms. The van der Waals surface area contributed by atoms with Crippen LogP contribution in [0.15, 0.2) is 53.5 Å². The summed E-state index contributed by atoms with van der Waals surface area (Å²) in [5.74, 6) is 0.825. The van der Waals surface area contributed by atoms with Gasteiger partial charge in [-0.3, -0.25) is 0 Å². The highest BCUT2D eigenvalue weighted by Crippen LogP contribution is 2.22. The highest BCUT2D eigenvalue weighted by Gasteiger charge is 2.14. The Hall–Kier alpha value is -1.51. The molecule has 1 aliphatic rings. The molecule has 0 unspecified atom stereocenters. The standard InChI is InChI=1S/C22H29ClN4O.HI/c1-2-24-22(25-12-11-18-7-3-5-9-20(18)23)26-17-19-8-4-6-10-21(19)27-13-15-28-16-14-27;/h3-10H,2,11-17H2,1H3,(H2,24,25,26);1H. The molecule has 7 heteroatoms. The van der Waals surface area contributed by atoms with Gasteiger partial charge in [0.25, 0.3) is 0 Å². The van der Waals surface area contributed by atoms with Crippen LogP contribution in [0.25, 0.3) is 0 Å². The van der Waals surface area contributed by atoms with Gasteiger partial charge in [-0.15, -0.1) is 24.0 Å². The molecule has 1 saturated heterocycles. The van der Waals surface area contributed by atoms with Crippen molar-refractivity contribution in [1.82, 2.24) is 10.6 Å². The summed E-state index contributed by atoms with van der Waals surface area (Å²) in [6.45, 7) is 7.73. The Morgan fingerprint density at radius 3 is 2.45 bits per heavy atom. The van der Waals surface area contributed by atoms with Crippen LogP contribution in [0.4, 0.5) is 5.69 Å². The Morgan fingerprint density at radius 2 is 1.72 bits per heavy atom. The van der Waals surface area contributed by atoms with Crippen LogP contribution in [0.2, 0.25) is 5.02 Å². The van der Waals surface area contributed by atoms with E-state index in [0.29, 0.717) is 6.54 Å². The number of halogens is 2. The first-order valence-corrected chi connectivity index (χ1v) is 10.3. The average molecular weight is 529 g/mol. The van der Waals surface area contributed by atoms with Crippen molar-refractivity contribution in [3.05, 3.63) is 64.7 Å². The zero-order chi connectivity index (χ0) is 19.6. The lowest BCUT2D eigenvalue weighted by Crippen LogP contribution is -2.38. The maximum absolute atomic E-state index is 6.25. The zero-order valence-corrected chi connectivity index (χ0v) is 20.0. The third-order valence-electron chi connectivity index (χ3n) is 4.74. The molecule has 5 nitrogen and oxygen atoms in total. The molecule has 0 atom stereocenters. The molecule has 1 aliphatic heterocycles. The average Bonchev–Trinajstić information content (AvgIpc) is 2.74. The summed E-state index contributed by atoms with van der Waals surface area (Å²) in [7, 11) is 0. The van der Waals surface area contributed by atoms with E-state index in [4.69, 9.17) is 21.3 Å². The van der Waals surface area contributed by atoms with Crippen molar-refractivity contribution < 1.29 is 4.74 Å². The molecule has 29 heavy (non-hydrogen) atoms. The number of para-hydroxylation sites is 1. The molecule has 1 heterocycles. The molecule has 3 rings (SSSR count). The van der Waals surface area contributed by atoms with E-state index < -0.39 is 0 Å². The predicted molar refractivity (Wildman–Crippen MR) is 133 cm³/mol. The molecule has 0 spiro atoms. The number of nitrogens with zero attached hydrogens (tertiary/aromatic N) is 2. The van der Waals surface area contributed by atoms with Crippen molar-refractivity contribution in [3.8, 4) is 0 Å². The molecule has 2 aromatic rings. The van der Waals surface area contributed by atoms with Crippen LogP contribution in [0.1, 0.15) is 18.1 Å². The molecule has 0 saturated carbocycles. The van der Waals surface area contributed by atoms with Crippen molar-refractivity contribution in [2.75, 3.05) is 44.3 Å². The molecule has 2 aromatic carbocycles. The number of aliphatic imine (C=N–C) groups is 1. The Morgan fingerprint density at radius 1 is 1.03 bits per heavy atom. The van der Waals surface area contributed by atoms with Gasteiger partial charge in [-0.1, -0.05) is 48.0 Å². The minimum absolute atomic E-state index is 0. The van der Waals surface area contributed by atoms with Crippen LogP contribution in [0.5, 0.6) is 0 Å². The number of ether oxygens (including phenoxy) is 1. The summed E-state index contributed by atoms with van der Waals surface area (Å²) in [6, 6.07) is 16.5. The van der Waals surface area contributed by atoms with E-state index in [2.05, 4.69) is 52.8 Å². The zero-order valence-electron chi connectivity index (χ0n) is 16.9. The number of morpholine rings is 1. The van der Waals surface area contributed by atoms with Crippen molar-refractivity contribution >= 4 is 47.2 Å². The lowest BCUT2D eigenvalue weighted by Gasteiger charge is -2.30. The Kier molecular flexibility index (Phi) is 10.6. The Bertz CT molecular complexity index is 781. The SMILES string of the molecule is CCNC(=NCc1ccccc1N1CCOCC1)NCCc1ccccc1Cl.I. The Balaban J connectivity index is 0.00000300. The molecule has 1 fully saturated rings. The fourth-order valence-corrected chi connectivity index (χ4v) is 3.51. The van der Waals surface area contributed by atoms with Gasteiger partial charge in [0.05, 0.1) is 19.8 Å². The smallest absolute Gasteiger partial charge is 0.191 e. The molecular weight excluding hydrogens is 499 g/mol. The second-order valence-electron chi connectivity index (χ2n) is 6.69. The number of rotatable bonds is 7. The third kappa shape index (κ3) is 7.35. The number of guanidine groups is 1. The van der Waals surface area contributed by atoms with Crippen molar-refractivity contribution in [2.45, 2.75) is 19.9 Å². The number of anilines is 1. The summed E-state index contributed by atoms with van der Waals surface area (Å²) in [5.41, 5.74) is 3.62. The first-order valence-electron chi connectivity index (χ1n) is 9.94. The van der Waals surface area contributed by atoms with E-state index in [-0.39, 0.29) is 24.0 Å². The minimum Gasteiger partial charge on any atom is -0.378 e. The molecule has 0 radical (unpaired) electrons. The van der Waals surface area contributed by atoms with Crippen LogP contribution in [0.3, 0.4) is 0 Å². The van der Waals surface area contributed by atoms with E-state index in [0.717, 1.165) is 62.4 Å². The minimum atomic E-state index is 0. The van der Waals surface area contributed by atoms with Gasteiger partial charge in [0.1, 0.15) is 0 Å². The van der Waals surface area contributed by atoms with E-state index >= 15 is 0 Å². The van der Waals surface area contributed by atoms with Crippen LogP contribution in [-0.4, -0.2) is 45.4 Å². The monoisotopic (exact) mass is 528 g/mol. The van der Waals surface area contributed by atoms with Gasteiger partial charge in [0, 0.05) is 36.9 Å². The first-order chi connectivity index (χ1) is 13.8. The Labute approximate surface area is 195 Å². The topological polar surface area (TPSA) is 48.9 Å². The van der Waals surface area contributed by atoms with E-state index in [1.54, 1.807) is 0 Å². The molecule has 0 aromatic heterocycles. The largest absolute Gasteiger partial charge is 0.378 e. The summed E-state index contributed by atoms with van der Waals surface area (Å²) in [5, 5.41) is 7.55. The van der Waals surface area contributed by atoms with Crippen LogP contribution in [0, 0.1) is 0 Å². The van der Waals surface area contributed by atoms with Gasteiger partial charge in [0.2, 0.25) is 0 Å². The van der Waals surface area contributed by atoms with Gasteiger partial charge in [-0.2, -0.15) is 0 Å². The van der Waals surface area contributed by atoms with Crippen molar-refractivity contribution in [2.24, 2.45) is 4.99 Å². The lowest BCUT2D eigenvalue weighted by molar-refractivity contribution is 0.122. The second kappa shape index (κ2) is 12.9. The molecular formula is C22H30ClIN4O. The van der Waals surface area contributed by atoms with Gasteiger partial charge >= 0.3 is 0 Å². The lowest BCUT2D eigenvalue weighted by atomic mass is 10.1. The second-order valence-corrected chi connectivity index (χ2v) is 7.10. The number of benzene rings is 2. The molecule has 0 aliphatic carbocycles. The van der Waals surface area contributed by atoms with Gasteiger partial charge in [-0.25, -0.2) is 4.99 Å². The van der Waals surface area contributed by atoms with Crippen LogP contribution >= 0.6 is 35.6 Å². The van der Waals surface area contributed by atoms with E-state index in [1.807, 2.05) is 18.2 Å². The quantitative estimate of drug-likeness (QED) is 0.323. The third-order valence-corrected chi connectivity index (χ3v) is 5.11. The fourth-order valence-electron chi connectivity index (χ4n) is 3.28. The van der Waals surface area contributed by atoms with Crippen LogP contribution < -0.4 is 15.5 Å². The molecule has 2 N–H and O–H groups in total. The van der Waals surface area contributed by atoms with Gasteiger partial charge in [0.15, 0.2) is 5.96 Å². The maximum Gasteiger partial charge on any atom is 0.191 e.